The van der Waals surface area contributed by atoms with Crippen molar-refractivity contribution in [3.8, 4) is 5.75 Å². The van der Waals surface area contributed by atoms with Crippen molar-refractivity contribution in [1.82, 2.24) is 0 Å². The maximum absolute atomic E-state index is 12.6. The lowest BCUT2D eigenvalue weighted by Crippen LogP contribution is -2.19. The molecular formula is C20H22N2O4. The molecule has 3 rings (SSSR count). The molecule has 0 bridgehead atoms. The van der Waals surface area contributed by atoms with Crippen LogP contribution in [-0.2, 0) is 9.53 Å². The Kier molecular flexibility index (Phi) is 5.86. The summed E-state index contributed by atoms with van der Waals surface area (Å²) in [6.45, 7) is 2.66. The molecule has 0 aliphatic carbocycles. The van der Waals surface area contributed by atoms with Crippen LogP contribution in [-0.4, -0.2) is 31.1 Å². The van der Waals surface area contributed by atoms with Crippen molar-refractivity contribution in [2.75, 3.05) is 23.8 Å². The average molecular weight is 354 g/mol. The van der Waals surface area contributed by atoms with Crippen molar-refractivity contribution in [3.63, 3.8) is 0 Å². The van der Waals surface area contributed by atoms with E-state index in [9.17, 15) is 9.59 Å². The maximum Gasteiger partial charge on any atom is 0.259 e. The van der Waals surface area contributed by atoms with Crippen LogP contribution in [0.2, 0.25) is 0 Å². The Hall–Kier alpha value is -2.86. The molecular weight excluding hydrogens is 332 g/mol. The van der Waals surface area contributed by atoms with Crippen molar-refractivity contribution < 1.29 is 19.1 Å². The molecule has 2 aromatic carbocycles. The lowest BCUT2D eigenvalue weighted by atomic mass is 10.1. The summed E-state index contributed by atoms with van der Waals surface area (Å²) in [5.41, 5.74) is 1.78. The van der Waals surface area contributed by atoms with Gasteiger partial charge in [-0.2, -0.15) is 0 Å². The maximum atomic E-state index is 12.6. The van der Waals surface area contributed by atoms with Crippen molar-refractivity contribution >= 4 is 23.2 Å². The summed E-state index contributed by atoms with van der Waals surface area (Å²) >= 11 is 0. The number of nitrogens with one attached hydrogen (secondary N) is 2. The van der Waals surface area contributed by atoms with Gasteiger partial charge in [0, 0.05) is 24.9 Å². The van der Waals surface area contributed by atoms with Crippen LogP contribution in [0.3, 0.4) is 0 Å². The van der Waals surface area contributed by atoms with E-state index in [4.69, 9.17) is 9.47 Å². The zero-order valence-electron chi connectivity index (χ0n) is 14.7. The number of ether oxygens (including phenoxy) is 2. The summed E-state index contributed by atoms with van der Waals surface area (Å²) in [7, 11) is 0. The van der Waals surface area contributed by atoms with Gasteiger partial charge in [-0.1, -0.05) is 12.1 Å². The summed E-state index contributed by atoms with van der Waals surface area (Å²) in [6.07, 6.45) is 2.12. The largest absolute Gasteiger partial charge is 0.490 e. The number of benzene rings is 2. The van der Waals surface area contributed by atoms with E-state index in [1.807, 2.05) is 6.07 Å². The van der Waals surface area contributed by atoms with Gasteiger partial charge in [-0.15, -0.1) is 0 Å². The van der Waals surface area contributed by atoms with E-state index in [-0.39, 0.29) is 17.9 Å². The van der Waals surface area contributed by atoms with Gasteiger partial charge in [0.1, 0.15) is 12.4 Å². The minimum atomic E-state index is -0.250. The highest BCUT2D eigenvalue weighted by molar-refractivity contribution is 6.06. The van der Waals surface area contributed by atoms with E-state index in [1.165, 1.54) is 6.92 Å². The molecule has 136 valence electrons. The van der Waals surface area contributed by atoms with Crippen LogP contribution >= 0.6 is 0 Å². The summed E-state index contributed by atoms with van der Waals surface area (Å²) < 4.78 is 11.4. The average Bonchev–Trinajstić information content (AvgIpc) is 3.15. The first kappa shape index (κ1) is 17.9. The highest BCUT2D eigenvalue weighted by Gasteiger charge is 2.18. The minimum absolute atomic E-state index is 0.0902. The van der Waals surface area contributed by atoms with E-state index in [1.54, 1.807) is 42.5 Å². The third-order valence-electron chi connectivity index (χ3n) is 4.04. The fraction of sp³-hybridized carbons (Fsp3) is 0.300. The van der Waals surface area contributed by atoms with Crippen LogP contribution in [0.1, 0.15) is 30.1 Å². The van der Waals surface area contributed by atoms with E-state index in [0.717, 1.165) is 19.4 Å². The molecule has 0 saturated carbocycles. The van der Waals surface area contributed by atoms with Crippen molar-refractivity contribution in [1.29, 1.82) is 0 Å². The van der Waals surface area contributed by atoms with Gasteiger partial charge in [0.2, 0.25) is 5.91 Å². The number of hydrogen-bond donors (Lipinski definition) is 2. The number of rotatable bonds is 6. The van der Waals surface area contributed by atoms with Crippen LogP contribution < -0.4 is 15.4 Å². The third-order valence-corrected chi connectivity index (χ3v) is 4.04. The second-order valence-electron chi connectivity index (χ2n) is 6.15. The topological polar surface area (TPSA) is 76.7 Å². The lowest BCUT2D eigenvalue weighted by molar-refractivity contribution is -0.114. The molecule has 1 aliphatic rings. The van der Waals surface area contributed by atoms with Gasteiger partial charge in [0.25, 0.3) is 5.91 Å². The second-order valence-corrected chi connectivity index (χ2v) is 6.15. The normalized spacial score (nSPS) is 16.1. The van der Waals surface area contributed by atoms with E-state index in [2.05, 4.69) is 10.6 Å². The molecule has 0 aromatic heterocycles. The third kappa shape index (κ3) is 4.83. The predicted molar refractivity (Wildman–Crippen MR) is 99.6 cm³/mol. The molecule has 1 atom stereocenters. The molecule has 0 unspecified atom stereocenters. The van der Waals surface area contributed by atoms with Gasteiger partial charge in [-0.3, -0.25) is 9.59 Å². The standard InChI is InChI=1S/C20H22N2O4/c1-14(23)21-15-8-10-16(11-9-15)22-20(24)18-6-2-3-7-19(18)26-13-17-5-4-12-25-17/h2-3,6-11,17H,4-5,12-13H2,1H3,(H,21,23)(H,22,24)/t17-/m0/s1. The number of anilines is 2. The van der Waals surface area contributed by atoms with E-state index >= 15 is 0 Å². The molecule has 2 amide bonds. The van der Waals surface area contributed by atoms with Gasteiger partial charge in [0.05, 0.1) is 11.7 Å². The number of carbonyl (C=O) groups excluding carboxylic acids is 2. The van der Waals surface area contributed by atoms with Crippen LogP contribution in [0.25, 0.3) is 0 Å². The van der Waals surface area contributed by atoms with Crippen LogP contribution in [0, 0.1) is 0 Å². The number of amides is 2. The summed E-state index contributed by atoms with van der Waals surface area (Å²) in [5, 5.41) is 5.53. The Morgan fingerprint density at radius 1 is 1.08 bits per heavy atom. The fourth-order valence-corrected chi connectivity index (χ4v) is 2.78. The van der Waals surface area contributed by atoms with Gasteiger partial charge in [-0.05, 0) is 49.2 Å². The van der Waals surface area contributed by atoms with Gasteiger partial charge in [-0.25, -0.2) is 0 Å². The molecule has 1 heterocycles. The molecule has 6 nitrogen and oxygen atoms in total. The number of carbonyl (C=O) groups is 2. The Labute approximate surface area is 152 Å². The van der Waals surface area contributed by atoms with Crippen LogP contribution in [0.4, 0.5) is 11.4 Å². The zero-order chi connectivity index (χ0) is 18.4. The Bertz CT molecular complexity index is 768. The predicted octanol–water partition coefficient (Wildman–Crippen LogP) is 3.46. The molecule has 1 saturated heterocycles. The first-order valence-electron chi connectivity index (χ1n) is 8.64. The summed E-state index contributed by atoms with van der Waals surface area (Å²) in [6, 6.07) is 14.1. The smallest absolute Gasteiger partial charge is 0.259 e. The zero-order valence-corrected chi connectivity index (χ0v) is 14.7. The SMILES string of the molecule is CC(=O)Nc1ccc(NC(=O)c2ccccc2OC[C@@H]2CCCO2)cc1. The fourth-order valence-electron chi connectivity index (χ4n) is 2.78. The van der Waals surface area contributed by atoms with Crippen molar-refractivity contribution in [3.05, 3.63) is 54.1 Å². The monoisotopic (exact) mass is 354 g/mol. The molecule has 0 spiro atoms. The van der Waals surface area contributed by atoms with Crippen LogP contribution in [0.15, 0.2) is 48.5 Å². The quantitative estimate of drug-likeness (QED) is 0.833. The molecule has 1 aliphatic heterocycles. The molecule has 2 N–H and O–H groups in total. The van der Waals surface area contributed by atoms with E-state index < -0.39 is 0 Å². The molecule has 1 fully saturated rings. The lowest BCUT2D eigenvalue weighted by Gasteiger charge is -2.14. The van der Waals surface area contributed by atoms with Crippen molar-refractivity contribution in [2.24, 2.45) is 0 Å². The Morgan fingerprint density at radius 2 is 1.77 bits per heavy atom. The Balaban J connectivity index is 1.64. The first-order valence-corrected chi connectivity index (χ1v) is 8.64. The first-order chi connectivity index (χ1) is 12.6. The van der Waals surface area contributed by atoms with Gasteiger partial charge >= 0.3 is 0 Å². The second kappa shape index (κ2) is 8.49. The van der Waals surface area contributed by atoms with E-state index in [0.29, 0.717) is 29.3 Å². The highest BCUT2D eigenvalue weighted by Crippen LogP contribution is 2.22. The number of para-hydroxylation sites is 1. The van der Waals surface area contributed by atoms with Crippen molar-refractivity contribution in [2.45, 2.75) is 25.9 Å². The number of hydrogen-bond acceptors (Lipinski definition) is 4. The molecule has 6 heteroatoms. The summed E-state index contributed by atoms with van der Waals surface area (Å²) in [4.78, 5) is 23.7. The minimum Gasteiger partial charge on any atom is -0.490 e. The summed E-state index contributed by atoms with van der Waals surface area (Å²) in [5.74, 6) is 0.148. The highest BCUT2D eigenvalue weighted by atomic mass is 16.5. The van der Waals surface area contributed by atoms with Gasteiger partial charge < -0.3 is 20.1 Å². The molecule has 26 heavy (non-hydrogen) atoms. The Morgan fingerprint density at radius 3 is 2.42 bits per heavy atom. The van der Waals surface area contributed by atoms with Gasteiger partial charge in [0.15, 0.2) is 0 Å². The van der Waals surface area contributed by atoms with Crippen LogP contribution in [0.5, 0.6) is 5.75 Å². The molecule has 0 radical (unpaired) electrons. The molecule has 2 aromatic rings.